The molecule has 1 aromatic heterocycles. The fourth-order valence-corrected chi connectivity index (χ4v) is 3.16. The van der Waals surface area contributed by atoms with Crippen molar-refractivity contribution in [3.8, 4) is 11.5 Å². The summed E-state index contributed by atoms with van der Waals surface area (Å²) in [5.74, 6) is 1.47. The molecule has 0 atom stereocenters. The van der Waals surface area contributed by atoms with Crippen LogP contribution in [0.25, 0.3) is 0 Å². The van der Waals surface area contributed by atoms with Gasteiger partial charge in [-0.15, -0.1) is 10.2 Å². The third-order valence-corrected chi connectivity index (χ3v) is 4.19. The first-order chi connectivity index (χ1) is 11.2. The zero-order valence-electron chi connectivity index (χ0n) is 12.8. The molecule has 0 fully saturated rings. The third kappa shape index (κ3) is 6.15. The molecular weight excluding hydrogens is 382 g/mol. The number of benzene rings is 1. The number of nitrogens with zero attached hydrogens (tertiary/aromatic N) is 2. The van der Waals surface area contributed by atoms with Crippen molar-refractivity contribution in [2.75, 3.05) is 24.4 Å². The Kier molecular flexibility index (Phi) is 7.28. The van der Waals surface area contributed by atoms with Crippen molar-refractivity contribution < 1.29 is 14.3 Å². The van der Waals surface area contributed by atoms with E-state index < -0.39 is 0 Å². The summed E-state index contributed by atoms with van der Waals surface area (Å²) < 4.78 is 10.7. The molecule has 6 nitrogen and oxygen atoms in total. The van der Waals surface area contributed by atoms with Gasteiger partial charge in [0.1, 0.15) is 16.5 Å². The van der Waals surface area contributed by atoms with Gasteiger partial charge in [-0.3, -0.25) is 4.79 Å². The van der Waals surface area contributed by atoms with Gasteiger partial charge in [-0.05, 0) is 30.7 Å². The van der Waals surface area contributed by atoms with Gasteiger partial charge in [-0.25, -0.2) is 0 Å². The van der Waals surface area contributed by atoms with Crippen LogP contribution in [-0.4, -0.2) is 35.2 Å². The van der Waals surface area contributed by atoms with Crippen LogP contribution in [0.5, 0.6) is 11.5 Å². The van der Waals surface area contributed by atoms with Crippen LogP contribution in [0.4, 0.5) is 5.13 Å². The van der Waals surface area contributed by atoms with Crippen LogP contribution in [0.3, 0.4) is 0 Å². The molecule has 0 bridgehead atoms. The summed E-state index contributed by atoms with van der Waals surface area (Å²) in [6, 6.07) is 7.35. The van der Waals surface area contributed by atoms with E-state index in [0.29, 0.717) is 24.6 Å². The van der Waals surface area contributed by atoms with Crippen LogP contribution in [0.1, 0.15) is 17.8 Å². The van der Waals surface area contributed by atoms with Crippen molar-refractivity contribution in [1.82, 2.24) is 10.2 Å². The van der Waals surface area contributed by atoms with Gasteiger partial charge >= 0.3 is 0 Å². The smallest absolute Gasteiger partial charge is 0.226 e. The first-order valence-electron chi connectivity index (χ1n) is 7.16. The van der Waals surface area contributed by atoms with E-state index in [9.17, 15) is 4.79 Å². The van der Waals surface area contributed by atoms with Crippen LogP contribution in [0, 0.1) is 0 Å². The van der Waals surface area contributed by atoms with Crippen LogP contribution in [-0.2, 0) is 11.2 Å². The molecule has 0 saturated heterocycles. The Morgan fingerprint density at radius 2 is 2.00 bits per heavy atom. The molecule has 1 N–H and O–H groups in total. The largest absolute Gasteiger partial charge is 0.497 e. The minimum absolute atomic E-state index is 0.0788. The summed E-state index contributed by atoms with van der Waals surface area (Å²) in [4.78, 5) is 11.8. The molecule has 0 radical (unpaired) electrons. The van der Waals surface area contributed by atoms with Gasteiger partial charge < -0.3 is 14.8 Å². The van der Waals surface area contributed by atoms with Crippen molar-refractivity contribution in [3.05, 3.63) is 29.3 Å². The number of aryl methyl sites for hydroxylation is 1. The lowest BCUT2D eigenvalue weighted by Crippen LogP contribution is -2.12. The zero-order valence-corrected chi connectivity index (χ0v) is 15.2. The lowest BCUT2D eigenvalue weighted by Gasteiger charge is -2.06. The summed E-state index contributed by atoms with van der Waals surface area (Å²) in [5, 5.41) is 13.0. The molecule has 2 rings (SSSR count). The zero-order chi connectivity index (χ0) is 16.5. The molecule has 0 spiro atoms. The van der Waals surface area contributed by atoms with E-state index in [1.807, 2.05) is 24.3 Å². The molecule has 23 heavy (non-hydrogen) atoms. The molecule has 124 valence electrons. The number of halogens is 1. The number of amides is 1. The number of aromatic nitrogens is 2. The molecule has 0 aliphatic rings. The Morgan fingerprint density at radius 3 is 2.70 bits per heavy atom. The highest BCUT2D eigenvalue weighted by molar-refractivity contribution is 9.09. The van der Waals surface area contributed by atoms with Crippen molar-refractivity contribution >= 4 is 38.3 Å². The van der Waals surface area contributed by atoms with E-state index in [4.69, 9.17) is 9.47 Å². The van der Waals surface area contributed by atoms with Gasteiger partial charge in [0.25, 0.3) is 0 Å². The molecule has 0 saturated carbocycles. The minimum atomic E-state index is -0.0788. The second-order valence-corrected chi connectivity index (χ2v) is 6.47. The van der Waals surface area contributed by atoms with Crippen LogP contribution in [0.2, 0.25) is 0 Å². The Labute approximate surface area is 147 Å². The summed E-state index contributed by atoms with van der Waals surface area (Å²) in [5.41, 5.74) is 0. The maximum absolute atomic E-state index is 11.8. The summed E-state index contributed by atoms with van der Waals surface area (Å²) in [6.45, 7) is 0.477. The number of rotatable bonds is 9. The van der Waals surface area contributed by atoms with Crippen LogP contribution in [0.15, 0.2) is 24.3 Å². The number of anilines is 1. The molecule has 1 heterocycles. The lowest BCUT2D eigenvalue weighted by atomic mass is 10.3. The second-order valence-electron chi connectivity index (χ2n) is 4.62. The van der Waals surface area contributed by atoms with Crippen molar-refractivity contribution in [3.63, 3.8) is 0 Å². The highest BCUT2D eigenvalue weighted by atomic mass is 79.9. The fourth-order valence-electron chi connectivity index (χ4n) is 1.76. The first kappa shape index (κ1) is 17.7. The van der Waals surface area contributed by atoms with Gasteiger partial charge in [0.15, 0.2) is 0 Å². The Balaban J connectivity index is 1.65. The maximum atomic E-state index is 11.8. The van der Waals surface area contributed by atoms with E-state index in [1.165, 1.54) is 11.3 Å². The predicted octanol–water partition coefficient (Wildman–Crippen LogP) is 3.28. The maximum Gasteiger partial charge on any atom is 0.226 e. The molecular formula is C15H18BrN3O3S. The average molecular weight is 400 g/mol. The fraction of sp³-hybridized carbons (Fsp3) is 0.400. The number of alkyl halides is 1. The number of carbonyl (C=O) groups is 1. The van der Waals surface area contributed by atoms with E-state index in [-0.39, 0.29) is 5.91 Å². The van der Waals surface area contributed by atoms with Gasteiger partial charge in [0, 0.05) is 18.2 Å². The number of methoxy groups -OCH3 is 1. The Hall–Kier alpha value is -1.67. The SMILES string of the molecule is COc1ccc(OCCCC(=O)Nc2nnc(CCBr)s2)cc1. The summed E-state index contributed by atoms with van der Waals surface area (Å²) in [7, 11) is 1.62. The second kappa shape index (κ2) is 9.46. The van der Waals surface area contributed by atoms with Crippen molar-refractivity contribution in [1.29, 1.82) is 0 Å². The quantitative estimate of drug-likeness (QED) is 0.517. The highest BCUT2D eigenvalue weighted by Gasteiger charge is 2.08. The Morgan fingerprint density at radius 1 is 1.26 bits per heavy atom. The minimum Gasteiger partial charge on any atom is -0.497 e. The number of ether oxygens (including phenoxy) is 2. The number of hydrogen-bond acceptors (Lipinski definition) is 6. The standard InChI is InChI=1S/C15H18BrN3O3S/c1-21-11-4-6-12(7-5-11)22-10-2-3-13(20)17-15-19-18-14(23-15)8-9-16/h4-7H,2-3,8-10H2,1H3,(H,17,19,20). The number of carbonyl (C=O) groups excluding carboxylic acids is 1. The van der Waals surface area contributed by atoms with Gasteiger partial charge in [-0.2, -0.15) is 0 Å². The molecule has 0 unspecified atom stereocenters. The van der Waals surface area contributed by atoms with Crippen LogP contribution < -0.4 is 14.8 Å². The Bertz CT molecular complexity index is 619. The monoisotopic (exact) mass is 399 g/mol. The number of nitrogens with one attached hydrogen (secondary N) is 1. The lowest BCUT2D eigenvalue weighted by molar-refractivity contribution is -0.116. The van der Waals surface area contributed by atoms with Crippen molar-refractivity contribution in [2.24, 2.45) is 0 Å². The predicted molar refractivity (Wildman–Crippen MR) is 93.8 cm³/mol. The molecule has 8 heteroatoms. The van der Waals surface area contributed by atoms with E-state index in [2.05, 4.69) is 31.4 Å². The van der Waals surface area contributed by atoms with Crippen molar-refractivity contribution in [2.45, 2.75) is 19.3 Å². The molecule has 2 aromatic rings. The average Bonchev–Trinajstić information content (AvgIpc) is 2.99. The first-order valence-corrected chi connectivity index (χ1v) is 9.10. The summed E-state index contributed by atoms with van der Waals surface area (Å²) >= 11 is 4.74. The van der Waals surface area contributed by atoms with E-state index in [0.717, 1.165) is 28.3 Å². The summed E-state index contributed by atoms with van der Waals surface area (Å²) in [6.07, 6.45) is 1.82. The van der Waals surface area contributed by atoms with Gasteiger partial charge in [-0.1, -0.05) is 27.3 Å². The normalized spacial score (nSPS) is 10.3. The third-order valence-electron chi connectivity index (χ3n) is 2.90. The molecule has 0 aliphatic heterocycles. The van der Waals surface area contributed by atoms with E-state index in [1.54, 1.807) is 7.11 Å². The molecule has 1 amide bonds. The molecule has 0 aliphatic carbocycles. The van der Waals surface area contributed by atoms with Gasteiger partial charge in [0.2, 0.25) is 11.0 Å². The highest BCUT2D eigenvalue weighted by Crippen LogP contribution is 2.18. The van der Waals surface area contributed by atoms with Crippen LogP contribution >= 0.6 is 27.3 Å². The topological polar surface area (TPSA) is 73.3 Å². The van der Waals surface area contributed by atoms with Gasteiger partial charge in [0.05, 0.1) is 13.7 Å². The molecule has 1 aromatic carbocycles. The number of hydrogen-bond donors (Lipinski definition) is 1. The van der Waals surface area contributed by atoms with E-state index >= 15 is 0 Å².